The average molecular weight is 227 g/mol. The molecular formula is C12H12ClFO. The van der Waals surface area contributed by atoms with Crippen LogP contribution in [0, 0.1) is 17.7 Å². The van der Waals surface area contributed by atoms with E-state index in [0.717, 1.165) is 0 Å². The highest BCUT2D eigenvalue weighted by Gasteiger charge is 2.12. The van der Waals surface area contributed by atoms with Crippen LogP contribution in [0.25, 0.3) is 0 Å². The van der Waals surface area contributed by atoms with Gasteiger partial charge in [-0.05, 0) is 31.5 Å². The van der Waals surface area contributed by atoms with Crippen molar-refractivity contribution in [3.05, 3.63) is 34.6 Å². The second-order valence-electron chi connectivity index (χ2n) is 3.54. The van der Waals surface area contributed by atoms with Crippen LogP contribution >= 0.6 is 11.6 Å². The molecule has 1 unspecified atom stereocenters. The minimum Gasteiger partial charge on any atom is -0.378 e. The van der Waals surface area contributed by atoms with Crippen LogP contribution in [0.5, 0.6) is 0 Å². The molecule has 0 spiro atoms. The fourth-order valence-electron chi connectivity index (χ4n) is 0.921. The molecule has 0 aliphatic heterocycles. The molecule has 1 rings (SSSR count). The zero-order chi connectivity index (χ0) is 11.5. The first-order valence-corrected chi connectivity index (χ1v) is 5.02. The molecule has 1 nitrogen and oxygen atoms in total. The summed E-state index contributed by atoms with van der Waals surface area (Å²) in [5.41, 5.74) is -0.576. The van der Waals surface area contributed by atoms with E-state index in [-0.39, 0.29) is 0 Å². The van der Waals surface area contributed by atoms with Gasteiger partial charge < -0.3 is 5.11 Å². The van der Waals surface area contributed by atoms with Gasteiger partial charge in [0.25, 0.3) is 0 Å². The number of benzene rings is 1. The highest BCUT2D eigenvalue weighted by molar-refractivity contribution is 6.30. The summed E-state index contributed by atoms with van der Waals surface area (Å²) in [4.78, 5) is 0. The van der Waals surface area contributed by atoms with Gasteiger partial charge in [-0.3, -0.25) is 0 Å². The van der Waals surface area contributed by atoms with E-state index in [0.29, 0.717) is 17.0 Å². The van der Waals surface area contributed by atoms with Crippen molar-refractivity contribution < 1.29 is 9.50 Å². The maximum absolute atomic E-state index is 12.9. The number of hydrogen-bond acceptors (Lipinski definition) is 1. The summed E-state index contributed by atoms with van der Waals surface area (Å²) in [7, 11) is 0. The molecule has 1 aromatic rings. The molecule has 0 aromatic heterocycles. The Hall–Kier alpha value is -1.04. The van der Waals surface area contributed by atoms with Crippen molar-refractivity contribution in [2.75, 3.05) is 0 Å². The van der Waals surface area contributed by atoms with Crippen LogP contribution < -0.4 is 0 Å². The highest BCUT2D eigenvalue weighted by atomic mass is 35.5. The van der Waals surface area contributed by atoms with Gasteiger partial charge in [-0.15, -0.1) is 0 Å². The van der Waals surface area contributed by atoms with E-state index in [1.165, 1.54) is 12.1 Å². The lowest BCUT2D eigenvalue weighted by atomic mass is 10.0. The molecule has 0 heterocycles. The molecule has 0 saturated heterocycles. The van der Waals surface area contributed by atoms with E-state index < -0.39 is 11.4 Å². The summed E-state index contributed by atoms with van der Waals surface area (Å²) >= 11 is 5.66. The van der Waals surface area contributed by atoms with Gasteiger partial charge in [0.2, 0.25) is 0 Å². The van der Waals surface area contributed by atoms with Crippen LogP contribution in [0.1, 0.15) is 25.8 Å². The molecule has 0 aliphatic carbocycles. The van der Waals surface area contributed by atoms with Gasteiger partial charge in [-0.2, -0.15) is 0 Å². The normalized spacial score (nSPS) is 13.9. The quantitative estimate of drug-likeness (QED) is 0.730. The van der Waals surface area contributed by atoms with E-state index in [1.807, 2.05) is 6.92 Å². The summed E-state index contributed by atoms with van der Waals surface area (Å²) in [6.07, 6.45) is 0.517. The number of aliphatic hydroxyl groups is 1. The number of rotatable bonds is 1. The van der Waals surface area contributed by atoms with E-state index in [2.05, 4.69) is 11.8 Å². The smallest absolute Gasteiger partial charge is 0.125 e. The summed E-state index contributed by atoms with van der Waals surface area (Å²) in [6, 6.07) is 4.05. The number of halogens is 2. The Morgan fingerprint density at radius 2 is 2.13 bits per heavy atom. The van der Waals surface area contributed by atoms with Crippen LogP contribution in [0.4, 0.5) is 4.39 Å². The van der Waals surface area contributed by atoms with Crippen molar-refractivity contribution in [2.45, 2.75) is 25.9 Å². The average Bonchev–Trinajstić information content (AvgIpc) is 2.14. The zero-order valence-corrected chi connectivity index (χ0v) is 9.40. The second-order valence-corrected chi connectivity index (χ2v) is 3.97. The Kier molecular flexibility index (Phi) is 3.73. The lowest BCUT2D eigenvalue weighted by Gasteiger charge is -2.11. The molecule has 1 aromatic carbocycles. The van der Waals surface area contributed by atoms with Crippen LogP contribution in [0.2, 0.25) is 5.02 Å². The standard InChI is InChI=1S/C12H12ClFO/c1-3-12(2,15)5-4-9-6-10(13)8-11(14)7-9/h6-8,15H,3H2,1-2H3. The predicted octanol–water partition coefficient (Wildman–Crippen LogP) is 2.99. The maximum atomic E-state index is 12.9. The van der Waals surface area contributed by atoms with Gasteiger partial charge in [0.05, 0.1) is 0 Å². The molecule has 0 radical (unpaired) electrons. The van der Waals surface area contributed by atoms with Gasteiger partial charge in [0, 0.05) is 10.6 Å². The summed E-state index contributed by atoms with van der Waals surface area (Å²) < 4.78 is 12.9. The predicted molar refractivity (Wildman–Crippen MR) is 59.2 cm³/mol. The Morgan fingerprint density at radius 1 is 1.47 bits per heavy atom. The molecule has 0 amide bonds. The summed E-state index contributed by atoms with van der Waals surface area (Å²) in [6.45, 7) is 3.44. The molecular weight excluding hydrogens is 215 g/mol. The van der Waals surface area contributed by atoms with Crippen molar-refractivity contribution in [3.63, 3.8) is 0 Å². The van der Waals surface area contributed by atoms with Gasteiger partial charge in [0.1, 0.15) is 11.4 Å². The summed E-state index contributed by atoms with van der Waals surface area (Å²) in [5, 5.41) is 9.92. The Morgan fingerprint density at radius 3 is 2.67 bits per heavy atom. The first-order chi connectivity index (χ1) is 6.93. The Labute approximate surface area is 93.9 Å². The van der Waals surface area contributed by atoms with Crippen molar-refractivity contribution in [2.24, 2.45) is 0 Å². The molecule has 80 valence electrons. The van der Waals surface area contributed by atoms with E-state index in [1.54, 1.807) is 13.0 Å². The van der Waals surface area contributed by atoms with E-state index in [4.69, 9.17) is 11.6 Å². The lowest BCUT2D eigenvalue weighted by Crippen LogP contribution is -2.19. The third kappa shape index (κ3) is 3.91. The van der Waals surface area contributed by atoms with E-state index >= 15 is 0 Å². The van der Waals surface area contributed by atoms with Crippen LogP contribution in [0.15, 0.2) is 18.2 Å². The molecule has 3 heteroatoms. The van der Waals surface area contributed by atoms with Crippen LogP contribution in [0.3, 0.4) is 0 Å². The first-order valence-electron chi connectivity index (χ1n) is 4.64. The molecule has 1 N–H and O–H groups in total. The van der Waals surface area contributed by atoms with Crippen LogP contribution in [-0.4, -0.2) is 10.7 Å². The highest BCUT2D eigenvalue weighted by Crippen LogP contribution is 2.14. The molecule has 15 heavy (non-hydrogen) atoms. The molecule has 1 atom stereocenters. The van der Waals surface area contributed by atoms with Gasteiger partial charge >= 0.3 is 0 Å². The van der Waals surface area contributed by atoms with Crippen molar-refractivity contribution >= 4 is 11.6 Å². The third-order valence-electron chi connectivity index (χ3n) is 2.03. The Balaban J connectivity index is 2.99. The van der Waals surface area contributed by atoms with Crippen LogP contribution in [-0.2, 0) is 0 Å². The van der Waals surface area contributed by atoms with Crippen molar-refractivity contribution in [1.29, 1.82) is 0 Å². The lowest BCUT2D eigenvalue weighted by molar-refractivity contribution is 0.118. The fourth-order valence-corrected chi connectivity index (χ4v) is 1.14. The van der Waals surface area contributed by atoms with Gasteiger partial charge in [-0.1, -0.05) is 30.4 Å². The van der Waals surface area contributed by atoms with Crippen molar-refractivity contribution in [3.8, 4) is 11.8 Å². The zero-order valence-electron chi connectivity index (χ0n) is 8.64. The molecule has 0 bridgehead atoms. The minimum absolute atomic E-state index is 0.301. The number of hydrogen-bond donors (Lipinski definition) is 1. The second kappa shape index (κ2) is 4.65. The van der Waals surface area contributed by atoms with Gasteiger partial charge in [-0.25, -0.2) is 4.39 Å². The maximum Gasteiger partial charge on any atom is 0.125 e. The molecule has 0 fully saturated rings. The van der Waals surface area contributed by atoms with Crippen molar-refractivity contribution in [1.82, 2.24) is 0 Å². The SMILES string of the molecule is CCC(C)(O)C#Cc1cc(F)cc(Cl)c1. The largest absolute Gasteiger partial charge is 0.378 e. The Bertz CT molecular complexity index is 395. The van der Waals surface area contributed by atoms with Gasteiger partial charge in [0.15, 0.2) is 0 Å². The monoisotopic (exact) mass is 226 g/mol. The minimum atomic E-state index is -1.04. The summed E-state index contributed by atoms with van der Waals surface area (Å²) in [5.74, 6) is 4.92. The molecule has 0 aliphatic rings. The van der Waals surface area contributed by atoms with E-state index in [9.17, 15) is 9.50 Å². The molecule has 0 saturated carbocycles. The third-order valence-corrected chi connectivity index (χ3v) is 2.25. The first kappa shape index (κ1) is 12.0. The fraction of sp³-hybridized carbons (Fsp3) is 0.333. The topological polar surface area (TPSA) is 20.2 Å².